The van der Waals surface area contributed by atoms with Crippen LogP contribution in [0.15, 0.2) is 61.2 Å². The fourth-order valence-corrected chi connectivity index (χ4v) is 3.00. The van der Waals surface area contributed by atoms with Gasteiger partial charge in [-0.2, -0.15) is 0 Å². The van der Waals surface area contributed by atoms with E-state index in [1.807, 2.05) is 37.3 Å². The van der Waals surface area contributed by atoms with Crippen LogP contribution in [0.3, 0.4) is 0 Å². The van der Waals surface area contributed by atoms with Crippen LogP contribution in [0.25, 0.3) is 11.5 Å². The zero-order valence-electron chi connectivity index (χ0n) is 12.7. The monoisotopic (exact) mass is 407 g/mol. The molecule has 2 aromatic heterocycles. The predicted octanol–water partition coefficient (Wildman–Crippen LogP) is 4.06. The number of thioether (sulfide) groups is 1. The molecular formula is C16H14BrN3O3S. The first-order valence-corrected chi connectivity index (χ1v) is 8.94. The fourth-order valence-electron chi connectivity index (χ4n) is 2.03. The van der Waals surface area contributed by atoms with E-state index in [9.17, 15) is 4.79 Å². The van der Waals surface area contributed by atoms with E-state index < -0.39 is 0 Å². The van der Waals surface area contributed by atoms with Crippen molar-refractivity contribution in [3.63, 3.8) is 0 Å². The lowest BCUT2D eigenvalue weighted by atomic mass is 10.2. The topological polar surface area (TPSA) is 81.2 Å². The van der Waals surface area contributed by atoms with Crippen LogP contribution in [-0.4, -0.2) is 21.9 Å². The molecule has 24 heavy (non-hydrogen) atoms. The Morgan fingerprint density at radius 1 is 1.33 bits per heavy atom. The van der Waals surface area contributed by atoms with Crippen LogP contribution in [0.5, 0.6) is 0 Å². The van der Waals surface area contributed by atoms with Gasteiger partial charge in [-0.3, -0.25) is 4.79 Å². The Hall–Kier alpha value is -2.06. The van der Waals surface area contributed by atoms with Crippen LogP contribution in [0, 0.1) is 0 Å². The van der Waals surface area contributed by atoms with Crippen molar-refractivity contribution in [2.45, 2.75) is 18.2 Å². The van der Waals surface area contributed by atoms with Gasteiger partial charge in [0, 0.05) is 10.0 Å². The molecule has 3 rings (SSSR count). The van der Waals surface area contributed by atoms with Crippen molar-refractivity contribution in [2.75, 3.05) is 5.75 Å². The number of rotatable bonds is 6. The summed E-state index contributed by atoms with van der Waals surface area (Å²) in [6.07, 6.45) is 1.58. The zero-order chi connectivity index (χ0) is 16.9. The van der Waals surface area contributed by atoms with Gasteiger partial charge in [-0.1, -0.05) is 33.8 Å². The van der Waals surface area contributed by atoms with E-state index >= 15 is 0 Å². The summed E-state index contributed by atoms with van der Waals surface area (Å²) in [6, 6.07) is 11.0. The summed E-state index contributed by atoms with van der Waals surface area (Å²) >= 11 is 4.59. The van der Waals surface area contributed by atoms with Gasteiger partial charge < -0.3 is 14.2 Å². The SMILES string of the molecule is C[C@H](NC(=O)CSc1nnc(-c2cccc(Br)c2)o1)c1ccco1. The Morgan fingerprint density at radius 3 is 2.96 bits per heavy atom. The van der Waals surface area contributed by atoms with E-state index in [0.29, 0.717) is 16.9 Å². The van der Waals surface area contributed by atoms with Crippen LogP contribution in [0.4, 0.5) is 0 Å². The standard InChI is InChI=1S/C16H14BrN3O3S/c1-10(13-6-3-7-22-13)18-14(21)9-24-16-20-19-15(23-16)11-4-2-5-12(17)8-11/h2-8,10H,9H2,1H3,(H,18,21)/t10-/m0/s1. The van der Waals surface area contributed by atoms with E-state index in [0.717, 1.165) is 10.0 Å². The number of nitrogens with zero attached hydrogens (tertiary/aromatic N) is 2. The second-order valence-corrected chi connectivity index (χ2v) is 6.82. The Kier molecular flexibility index (Phi) is 5.37. The number of hydrogen-bond donors (Lipinski definition) is 1. The molecular weight excluding hydrogens is 394 g/mol. The average molecular weight is 408 g/mol. The Balaban J connectivity index is 1.54. The maximum Gasteiger partial charge on any atom is 0.277 e. The van der Waals surface area contributed by atoms with Gasteiger partial charge in [0.2, 0.25) is 11.8 Å². The summed E-state index contributed by atoms with van der Waals surface area (Å²) in [5, 5.41) is 11.2. The first-order chi connectivity index (χ1) is 11.6. The highest BCUT2D eigenvalue weighted by Gasteiger charge is 2.14. The molecule has 0 bridgehead atoms. The van der Waals surface area contributed by atoms with E-state index in [1.165, 1.54) is 11.8 Å². The highest BCUT2D eigenvalue weighted by atomic mass is 79.9. The molecule has 1 N–H and O–H groups in total. The Bertz CT molecular complexity index is 820. The van der Waals surface area contributed by atoms with Crippen LogP contribution < -0.4 is 5.32 Å². The predicted molar refractivity (Wildman–Crippen MR) is 93.4 cm³/mol. The summed E-state index contributed by atoms with van der Waals surface area (Å²) < 4.78 is 11.8. The smallest absolute Gasteiger partial charge is 0.277 e. The molecule has 1 atom stereocenters. The number of amides is 1. The highest BCUT2D eigenvalue weighted by Crippen LogP contribution is 2.25. The lowest BCUT2D eigenvalue weighted by molar-refractivity contribution is -0.119. The molecule has 6 nitrogen and oxygen atoms in total. The molecule has 1 aromatic carbocycles. The second-order valence-electron chi connectivity index (χ2n) is 4.98. The number of hydrogen-bond acceptors (Lipinski definition) is 6. The largest absolute Gasteiger partial charge is 0.467 e. The summed E-state index contributed by atoms with van der Waals surface area (Å²) in [5.74, 6) is 1.18. The molecule has 0 aliphatic heterocycles. The van der Waals surface area contributed by atoms with Crippen molar-refractivity contribution in [2.24, 2.45) is 0 Å². The maximum atomic E-state index is 12.0. The molecule has 1 amide bonds. The lowest BCUT2D eigenvalue weighted by Crippen LogP contribution is -2.27. The minimum absolute atomic E-state index is 0.133. The van der Waals surface area contributed by atoms with Crippen molar-refractivity contribution >= 4 is 33.6 Å². The molecule has 0 spiro atoms. The van der Waals surface area contributed by atoms with E-state index in [2.05, 4.69) is 31.4 Å². The van der Waals surface area contributed by atoms with Crippen LogP contribution in [0.1, 0.15) is 18.7 Å². The van der Waals surface area contributed by atoms with Gasteiger partial charge in [0.05, 0.1) is 18.1 Å². The van der Waals surface area contributed by atoms with E-state index in [-0.39, 0.29) is 17.7 Å². The number of halogens is 1. The molecule has 0 unspecified atom stereocenters. The highest BCUT2D eigenvalue weighted by molar-refractivity contribution is 9.10. The molecule has 0 radical (unpaired) electrons. The van der Waals surface area contributed by atoms with Gasteiger partial charge in [-0.15, -0.1) is 10.2 Å². The third kappa shape index (κ3) is 4.27. The number of furan rings is 1. The molecule has 0 saturated heterocycles. The van der Waals surface area contributed by atoms with E-state index in [4.69, 9.17) is 8.83 Å². The molecule has 0 fully saturated rings. The van der Waals surface area contributed by atoms with Crippen LogP contribution in [-0.2, 0) is 4.79 Å². The molecule has 0 aliphatic rings. The molecule has 8 heteroatoms. The van der Waals surface area contributed by atoms with Crippen molar-refractivity contribution in [1.82, 2.24) is 15.5 Å². The van der Waals surface area contributed by atoms with Crippen molar-refractivity contribution < 1.29 is 13.6 Å². The first-order valence-electron chi connectivity index (χ1n) is 7.17. The number of nitrogens with one attached hydrogen (secondary N) is 1. The van der Waals surface area contributed by atoms with Crippen molar-refractivity contribution in [3.05, 3.63) is 52.9 Å². The third-order valence-corrected chi connectivity index (χ3v) is 4.46. The summed E-state index contributed by atoms with van der Waals surface area (Å²) in [6.45, 7) is 1.86. The first kappa shape index (κ1) is 16.8. The van der Waals surface area contributed by atoms with Crippen LogP contribution >= 0.6 is 27.7 Å². The Labute approximate surface area is 151 Å². The number of carbonyl (C=O) groups excluding carboxylic acids is 1. The summed E-state index contributed by atoms with van der Waals surface area (Å²) in [4.78, 5) is 12.0. The second kappa shape index (κ2) is 7.67. The van der Waals surface area contributed by atoms with E-state index in [1.54, 1.807) is 12.3 Å². The van der Waals surface area contributed by atoms with Crippen LogP contribution in [0.2, 0.25) is 0 Å². The normalized spacial score (nSPS) is 12.1. The molecule has 3 aromatic rings. The van der Waals surface area contributed by atoms with Crippen molar-refractivity contribution in [3.8, 4) is 11.5 Å². The Morgan fingerprint density at radius 2 is 2.21 bits per heavy atom. The molecule has 2 heterocycles. The van der Waals surface area contributed by atoms with Gasteiger partial charge in [0.1, 0.15) is 5.76 Å². The lowest BCUT2D eigenvalue weighted by Gasteiger charge is -2.10. The van der Waals surface area contributed by atoms with Gasteiger partial charge >= 0.3 is 0 Å². The molecule has 124 valence electrons. The minimum atomic E-state index is -0.187. The quantitative estimate of drug-likeness (QED) is 0.620. The van der Waals surface area contributed by atoms with Gasteiger partial charge in [-0.25, -0.2) is 0 Å². The third-order valence-electron chi connectivity index (χ3n) is 3.15. The summed E-state index contributed by atoms with van der Waals surface area (Å²) in [7, 11) is 0. The van der Waals surface area contributed by atoms with Gasteiger partial charge in [-0.05, 0) is 37.3 Å². The average Bonchev–Trinajstić information content (AvgIpc) is 3.25. The summed E-state index contributed by atoms with van der Waals surface area (Å²) in [5.41, 5.74) is 0.819. The number of benzene rings is 1. The fraction of sp³-hybridized carbons (Fsp3) is 0.188. The number of carbonyl (C=O) groups is 1. The molecule has 0 aliphatic carbocycles. The molecule has 0 saturated carbocycles. The van der Waals surface area contributed by atoms with Gasteiger partial charge in [0.25, 0.3) is 5.22 Å². The van der Waals surface area contributed by atoms with Gasteiger partial charge in [0.15, 0.2) is 0 Å². The minimum Gasteiger partial charge on any atom is -0.467 e. The maximum absolute atomic E-state index is 12.0. The number of aromatic nitrogens is 2. The zero-order valence-corrected chi connectivity index (χ0v) is 15.1. The van der Waals surface area contributed by atoms with Crippen molar-refractivity contribution in [1.29, 1.82) is 0 Å².